The van der Waals surface area contributed by atoms with Gasteiger partial charge in [-0.3, -0.25) is 0 Å². The molecule has 2 aromatic rings. The maximum atomic E-state index is 9.20. The smallest absolute Gasteiger partial charge is 0.131 e. The molecule has 2 atom stereocenters. The van der Waals surface area contributed by atoms with Crippen LogP contribution in [-0.4, -0.2) is 6.10 Å². The van der Waals surface area contributed by atoms with E-state index in [2.05, 4.69) is 42.5 Å². The highest BCUT2D eigenvalue weighted by Crippen LogP contribution is 2.55. The fourth-order valence-corrected chi connectivity index (χ4v) is 3.86. The zero-order chi connectivity index (χ0) is 12.9. The molecule has 0 spiro atoms. The van der Waals surface area contributed by atoms with E-state index in [9.17, 15) is 5.26 Å². The molecule has 4 rings (SSSR count). The summed E-state index contributed by atoms with van der Waals surface area (Å²) in [5.41, 5.74) is 1.21. The summed E-state index contributed by atoms with van der Waals surface area (Å²) >= 11 is 0. The van der Waals surface area contributed by atoms with E-state index in [1.54, 1.807) is 0 Å². The number of nitrogens with zero attached hydrogens (tertiary/aromatic N) is 1. The van der Waals surface area contributed by atoms with Crippen LogP contribution in [0.4, 0.5) is 0 Å². The highest BCUT2D eigenvalue weighted by atomic mass is 16.5. The molecule has 2 aliphatic rings. The van der Waals surface area contributed by atoms with Gasteiger partial charge in [0.15, 0.2) is 0 Å². The first kappa shape index (κ1) is 10.9. The molecule has 19 heavy (non-hydrogen) atoms. The minimum atomic E-state index is -0.0475. The minimum absolute atomic E-state index is 0.0475. The van der Waals surface area contributed by atoms with E-state index in [0.29, 0.717) is 6.42 Å². The van der Waals surface area contributed by atoms with Gasteiger partial charge in [-0.1, -0.05) is 36.4 Å². The molecule has 2 nitrogen and oxygen atoms in total. The van der Waals surface area contributed by atoms with E-state index >= 15 is 0 Å². The molecule has 0 N–H and O–H groups in total. The van der Waals surface area contributed by atoms with E-state index in [1.165, 1.54) is 22.8 Å². The molecule has 2 aromatic carbocycles. The van der Waals surface area contributed by atoms with Gasteiger partial charge >= 0.3 is 0 Å². The molecule has 0 bridgehead atoms. The first-order valence-corrected chi connectivity index (χ1v) is 6.91. The van der Waals surface area contributed by atoms with Crippen LogP contribution in [0, 0.1) is 11.3 Å². The van der Waals surface area contributed by atoms with Crippen molar-refractivity contribution in [2.24, 2.45) is 0 Å². The van der Waals surface area contributed by atoms with Gasteiger partial charge < -0.3 is 4.74 Å². The number of benzene rings is 2. The van der Waals surface area contributed by atoms with Gasteiger partial charge in [0.2, 0.25) is 0 Å². The summed E-state index contributed by atoms with van der Waals surface area (Å²) in [6, 6.07) is 15.1. The van der Waals surface area contributed by atoms with E-state index in [-0.39, 0.29) is 11.5 Å². The number of nitriles is 1. The van der Waals surface area contributed by atoms with E-state index in [4.69, 9.17) is 4.74 Å². The molecule has 1 aliphatic carbocycles. The molecule has 1 aliphatic heterocycles. The first-order valence-electron chi connectivity index (χ1n) is 6.91. The van der Waals surface area contributed by atoms with Crippen LogP contribution in [-0.2, 0) is 5.41 Å². The second-order valence-corrected chi connectivity index (χ2v) is 5.65. The Balaban J connectivity index is 1.99. The lowest BCUT2D eigenvalue weighted by molar-refractivity contribution is 0.176. The Morgan fingerprint density at radius 2 is 2.16 bits per heavy atom. The van der Waals surface area contributed by atoms with Crippen LogP contribution in [0.3, 0.4) is 0 Å². The van der Waals surface area contributed by atoms with Crippen molar-refractivity contribution in [1.82, 2.24) is 0 Å². The molecule has 2 unspecified atom stereocenters. The summed E-state index contributed by atoms with van der Waals surface area (Å²) in [6.07, 6.45) is 4.09. The lowest BCUT2D eigenvalue weighted by Crippen LogP contribution is -2.32. The minimum Gasteiger partial charge on any atom is -0.488 e. The van der Waals surface area contributed by atoms with Gasteiger partial charge in [0.25, 0.3) is 0 Å². The monoisotopic (exact) mass is 249 g/mol. The summed E-state index contributed by atoms with van der Waals surface area (Å²) < 4.78 is 6.25. The largest absolute Gasteiger partial charge is 0.488 e. The number of rotatable bonds is 1. The van der Waals surface area contributed by atoms with Crippen molar-refractivity contribution in [1.29, 1.82) is 5.26 Å². The number of fused-ring (bicyclic) bond motifs is 5. The molecule has 2 heteroatoms. The maximum Gasteiger partial charge on any atom is 0.131 e. The van der Waals surface area contributed by atoms with Crippen LogP contribution >= 0.6 is 0 Å². The van der Waals surface area contributed by atoms with Crippen LogP contribution in [0.5, 0.6) is 5.75 Å². The van der Waals surface area contributed by atoms with Crippen LogP contribution in [0.15, 0.2) is 36.4 Å². The van der Waals surface area contributed by atoms with Gasteiger partial charge in [-0.25, -0.2) is 0 Å². The van der Waals surface area contributed by atoms with Crippen molar-refractivity contribution in [3.63, 3.8) is 0 Å². The van der Waals surface area contributed by atoms with Crippen LogP contribution in [0.25, 0.3) is 10.8 Å². The van der Waals surface area contributed by atoms with E-state index < -0.39 is 0 Å². The Morgan fingerprint density at radius 3 is 3.05 bits per heavy atom. The normalized spacial score (nSPS) is 27.6. The van der Waals surface area contributed by atoms with E-state index in [1.807, 2.05) is 0 Å². The molecule has 0 aromatic heterocycles. The average molecular weight is 249 g/mol. The maximum absolute atomic E-state index is 9.20. The van der Waals surface area contributed by atoms with E-state index in [0.717, 1.165) is 18.6 Å². The molecule has 1 fully saturated rings. The van der Waals surface area contributed by atoms with Crippen molar-refractivity contribution in [2.75, 3.05) is 0 Å². The summed E-state index contributed by atoms with van der Waals surface area (Å²) in [4.78, 5) is 0. The predicted octanol–water partition coefficient (Wildman–Crippen LogP) is 3.94. The van der Waals surface area contributed by atoms with Crippen LogP contribution in [0.2, 0.25) is 0 Å². The summed E-state index contributed by atoms with van der Waals surface area (Å²) in [7, 11) is 0. The molecule has 94 valence electrons. The quantitative estimate of drug-likeness (QED) is 0.767. The number of ether oxygens (including phenoxy) is 1. The molecule has 0 radical (unpaired) electrons. The summed E-state index contributed by atoms with van der Waals surface area (Å²) in [5, 5.41) is 11.6. The van der Waals surface area contributed by atoms with Crippen molar-refractivity contribution in [3.8, 4) is 11.8 Å². The second kappa shape index (κ2) is 3.74. The molecule has 0 saturated heterocycles. The van der Waals surface area contributed by atoms with Gasteiger partial charge in [-0.15, -0.1) is 0 Å². The third-order valence-corrected chi connectivity index (χ3v) is 4.78. The summed E-state index contributed by atoms with van der Waals surface area (Å²) in [5.74, 6) is 1.03. The first-order chi connectivity index (χ1) is 9.35. The third-order valence-electron chi connectivity index (χ3n) is 4.78. The molecule has 0 amide bonds. The molecule has 1 saturated carbocycles. The highest BCUT2D eigenvalue weighted by Gasteiger charge is 2.52. The van der Waals surface area contributed by atoms with Gasteiger partial charge in [0.1, 0.15) is 11.9 Å². The average Bonchev–Trinajstić information content (AvgIpc) is 2.95. The molecular formula is C17H15NO. The van der Waals surface area contributed by atoms with Crippen LogP contribution in [0.1, 0.15) is 31.2 Å². The topological polar surface area (TPSA) is 33.0 Å². The molecular weight excluding hydrogens is 234 g/mol. The Hall–Kier alpha value is -2.01. The van der Waals surface area contributed by atoms with Gasteiger partial charge in [-0.2, -0.15) is 5.26 Å². The lowest BCUT2D eigenvalue weighted by Gasteiger charge is -2.24. The SMILES string of the molecule is N#CCC12CCCC1Oc1c2ccc2ccccc12. The van der Waals surface area contributed by atoms with Crippen molar-refractivity contribution in [3.05, 3.63) is 42.0 Å². The highest BCUT2D eigenvalue weighted by molar-refractivity contribution is 5.90. The number of hydrogen-bond donors (Lipinski definition) is 0. The van der Waals surface area contributed by atoms with Crippen molar-refractivity contribution >= 4 is 10.8 Å². The van der Waals surface area contributed by atoms with Crippen molar-refractivity contribution < 1.29 is 4.74 Å². The van der Waals surface area contributed by atoms with Gasteiger partial charge in [0.05, 0.1) is 6.07 Å². The van der Waals surface area contributed by atoms with Crippen LogP contribution < -0.4 is 4.74 Å². The summed E-state index contributed by atoms with van der Waals surface area (Å²) in [6.45, 7) is 0. The van der Waals surface area contributed by atoms with Gasteiger partial charge in [0, 0.05) is 22.8 Å². The Labute approximate surface area is 112 Å². The Bertz CT molecular complexity index is 700. The lowest BCUT2D eigenvalue weighted by atomic mass is 9.76. The Morgan fingerprint density at radius 1 is 1.26 bits per heavy atom. The Kier molecular flexibility index (Phi) is 2.14. The fraction of sp³-hybridized carbons (Fsp3) is 0.353. The van der Waals surface area contributed by atoms with Gasteiger partial charge in [-0.05, 0) is 24.6 Å². The predicted molar refractivity (Wildman–Crippen MR) is 74.1 cm³/mol. The standard InChI is InChI=1S/C17H15NO/c18-11-10-17-9-3-6-15(17)19-16-13-5-2-1-4-12(13)7-8-14(16)17/h1-2,4-5,7-8,15H,3,6,9-10H2. The van der Waals surface area contributed by atoms with Crippen molar-refractivity contribution in [2.45, 2.75) is 37.2 Å². The number of hydrogen-bond acceptors (Lipinski definition) is 2. The third kappa shape index (κ3) is 1.30. The fourth-order valence-electron chi connectivity index (χ4n) is 3.86. The molecule has 1 heterocycles. The zero-order valence-electron chi connectivity index (χ0n) is 10.7. The zero-order valence-corrected chi connectivity index (χ0v) is 10.7. The second-order valence-electron chi connectivity index (χ2n) is 5.65.